The SMILES string of the molecule is CCN(CC)C1CCN(Cc2ccc(-c3cccc4nc(NC(=O)C5CC5)nn34)cc2)CC1. The molecule has 3 aromatic rings. The molecule has 174 valence electrons. The van der Waals surface area contributed by atoms with Crippen LogP contribution in [0.25, 0.3) is 16.9 Å². The third-order valence-corrected chi connectivity index (χ3v) is 7.08. The first-order chi connectivity index (χ1) is 16.1. The molecular formula is C26H34N6O. The van der Waals surface area contributed by atoms with E-state index >= 15 is 0 Å². The fourth-order valence-electron chi connectivity index (χ4n) is 4.96. The minimum atomic E-state index is 0.0259. The number of carbonyl (C=O) groups is 1. The molecule has 0 spiro atoms. The molecule has 7 heteroatoms. The van der Waals surface area contributed by atoms with Crippen molar-refractivity contribution in [1.82, 2.24) is 24.4 Å². The first-order valence-corrected chi connectivity index (χ1v) is 12.4. The van der Waals surface area contributed by atoms with Crippen molar-refractivity contribution < 1.29 is 4.79 Å². The van der Waals surface area contributed by atoms with E-state index in [-0.39, 0.29) is 11.8 Å². The van der Waals surface area contributed by atoms with Gasteiger partial charge in [0, 0.05) is 24.1 Å². The largest absolute Gasteiger partial charge is 0.301 e. The van der Waals surface area contributed by atoms with Gasteiger partial charge >= 0.3 is 0 Å². The number of amides is 1. The Balaban J connectivity index is 1.25. The smallest absolute Gasteiger partial charge is 0.249 e. The molecule has 7 nitrogen and oxygen atoms in total. The van der Waals surface area contributed by atoms with Crippen molar-refractivity contribution in [3.05, 3.63) is 48.0 Å². The van der Waals surface area contributed by atoms with Crippen LogP contribution in [0.2, 0.25) is 0 Å². The van der Waals surface area contributed by atoms with E-state index in [0.717, 1.165) is 68.5 Å². The summed E-state index contributed by atoms with van der Waals surface area (Å²) in [5.41, 5.74) is 4.13. The van der Waals surface area contributed by atoms with Crippen LogP contribution in [0.4, 0.5) is 5.95 Å². The van der Waals surface area contributed by atoms with Gasteiger partial charge < -0.3 is 4.90 Å². The zero-order valence-corrected chi connectivity index (χ0v) is 19.7. The van der Waals surface area contributed by atoms with Crippen molar-refractivity contribution in [1.29, 1.82) is 0 Å². The van der Waals surface area contributed by atoms with Crippen LogP contribution in [0, 0.1) is 5.92 Å². The van der Waals surface area contributed by atoms with Gasteiger partial charge in [0.2, 0.25) is 11.9 Å². The Morgan fingerprint density at radius 1 is 1.03 bits per heavy atom. The zero-order valence-electron chi connectivity index (χ0n) is 19.7. The number of benzene rings is 1. The van der Waals surface area contributed by atoms with Gasteiger partial charge in [-0.25, -0.2) is 4.52 Å². The summed E-state index contributed by atoms with van der Waals surface area (Å²) in [6, 6.07) is 15.4. The summed E-state index contributed by atoms with van der Waals surface area (Å²) in [5, 5.41) is 7.41. The summed E-state index contributed by atoms with van der Waals surface area (Å²) in [4.78, 5) is 21.7. The van der Waals surface area contributed by atoms with E-state index < -0.39 is 0 Å². The summed E-state index contributed by atoms with van der Waals surface area (Å²) in [6.45, 7) is 10.2. The quantitative estimate of drug-likeness (QED) is 0.565. The molecule has 3 heterocycles. The van der Waals surface area contributed by atoms with E-state index in [1.807, 2.05) is 22.7 Å². The van der Waals surface area contributed by atoms with Gasteiger partial charge in [0.05, 0.1) is 5.69 Å². The number of piperidine rings is 1. The second-order valence-corrected chi connectivity index (χ2v) is 9.31. The predicted octanol–water partition coefficient (Wildman–Crippen LogP) is 4.05. The van der Waals surface area contributed by atoms with Gasteiger partial charge in [0.25, 0.3) is 0 Å². The second kappa shape index (κ2) is 9.61. The summed E-state index contributed by atoms with van der Waals surface area (Å²) < 4.78 is 1.81. The number of aromatic nitrogens is 3. The molecule has 1 saturated heterocycles. The average Bonchev–Trinajstić information content (AvgIpc) is 3.61. The lowest BCUT2D eigenvalue weighted by atomic mass is 10.0. The van der Waals surface area contributed by atoms with Crippen LogP contribution in [0.1, 0.15) is 45.1 Å². The van der Waals surface area contributed by atoms with Crippen molar-refractivity contribution in [3.63, 3.8) is 0 Å². The fraction of sp³-hybridized carbons (Fsp3) is 0.500. The molecule has 1 amide bonds. The monoisotopic (exact) mass is 446 g/mol. The number of carbonyl (C=O) groups excluding carboxylic acids is 1. The number of likely N-dealkylation sites (tertiary alicyclic amines) is 1. The summed E-state index contributed by atoms with van der Waals surface area (Å²) >= 11 is 0. The third-order valence-electron chi connectivity index (χ3n) is 7.08. The van der Waals surface area contributed by atoms with Gasteiger partial charge in [-0.1, -0.05) is 44.2 Å². The van der Waals surface area contributed by atoms with Crippen LogP contribution in [0.3, 0.4) is 0 Å². The Bertz CT molecular complexity index is 1090. The van der Waals surface area contributed by atoms with Gasteiger partial charge in [0.15, 0.2) is 5.65 Å². The van der Waals surface area contributed by atoms with Gasteiger partial charge in [0.1, 0.15) is 0 Å². The lowest BCUT2D eigenvalue weighted by Crippen LogP contribution is -2.44. The maximum atomic E-state index is 12.1. The highest BCUT2D eigenvalue weighted by molar-refractivity contribution is 5.92. The molecule has 33 heavy (non-hydrogen) atoms. The van der Waals surface area contributed by atoms with E-state index in [0.29, 0.717) is 5.95 Å². The Morgan fingerprint density at radius 3 is 2.42 bits per heavy atom. The van der Waals surface area contributed by atoms with Gasteiger partial charge in [-0.2, -0.15) is 4.98 Å². The highest BCUT2D eigenvalue weighted by atomic mass is 16.2. The number of pyridine rings is 1. The number of nitrogens with zero attached hydrogens (tertiary/aromatic N) is 5. The number of hydrogen-bond donors (Lipinski definition) is 1. The minimum Gasteiger partial charge on any atom is -0.301 e. The molecule has 1 N–H and O–H groups in total. The molecule has 0 unspecified atom stereocenters. The molecule has 2 aliphatic rings. The minimum absolute atomic E-state index is 0.0259. The van der Waals surface area contributed by atoms with Crippen LogP contribution >= 0.6 is 0 Å². The van der Waals surface area contributed by atoms with E-state index in [9.17, 15) is 4.79 Å². The molecular weight excluding hydrogens is 412 g/mol. The van der Waals surface area contributed by atoms with Gasteiger partial charge in [-0.15, -0.1) is 5.10 Å². The summed E-state index contributed by atoms with van der Waals surface area (Å²) in [6.07, 6.45) is 4.44. The molecule has 1 aliphatic heterocycles. The van der Waals surface area contributed by atoms with Crippen LogP contribution in [0.15, 0.2) is 42.5 Å². The fourth-order valence-corrected chi connectivity index (χ4v) is 4.96. The van der Waals surface area contributed by atoms with Crippen molar-refractivity contribution in [2.45, 2.75) is 52.1 Å². The first kappa shape index (κ1) is 22.0. The van der Waals surface area contributed by atoms with Gasteiger partial charge in [-0.05, 0) is 69.6 Å². The number of anilines is 1. The zero-order chi connectivity index (χ0) is 22.8. The Hall–Kier alpha value is -2.77. The van der Waals surface area contributed by atoms with Crippen LogP contribution in [-0.4, -0.2) is 62.5 Å². The molecule has 0 atom stereocenters. The van der Waals surface area contributed by atoms with Gasteiger partial charge in [-0.3, -0.25) is 15.0 Å². The third kappa shape index (κ3) is 4.94. The highest BCUT2D eigenvalue weighted by Crippen LogP contribution is 2.30. The molecule has 1 aromatic carbocycles. The van der Waals surface area contributed by atoms with Crippen molar-refractivity contribution in [2.24, 2.45) is 5.92 Å². The molecule has 2 aromatic heterocycles. The number of hydrogen-bond acceptors (Lipinski definition) is 5. The van der Waals surface area contributed by atoms with E-state index in [4.69, 9.17) is 0 Å². The predicted molar refractivity (Wildman–Crippen MR) is 131 cm³/mol. The van der Waals surface area contributed by atoms with E-state index in [2.05, 4.69) is 63.3 Å². The summed E-state index contributed by atoms with van der Waals surface area (Å²) in [5.74, 6) is 0.536. The Labute approximate surface area is 195 Å². The summed E-state index contributed by atoms with van der Waals surface area (Å²) in [7, 11) is 0. The molecule has 2 fully saturated rings. The van der Waals surface area contributed by atoms with Crippen LogP contribution < -0.4 is 5.32 Å². The normalized spacial score (nSPS) is 17.7. The molecule has 0 bridgehead atoms. The maximum absolute atomic E-state index is 12.1. The lowest BCUT2D eigenvalue weighted by molar-refractivity contribution is -0.117. The molecule has 5 rings (SSSR count). The maximum Gasteiger partial charge on any atom is 0.249 e. The first-order valence-electron chi connectivity index (χ1n) is 12.4. The van der Waals surface area contributed by atoms with Crippen LogP contribution in [-0.2, 0) is 11.3 Å². The average molecular weight is 447 g/mol. The Morgan fingerprint density at radius 2 is 1.76 bits per heavy atom. The second-order valence-electron chi connectivity index (χ2n) is 9.31. The standard InChI is InChI=1S/C26H34N6O/c1-3-31(4-2)22-14-16-30(17-15-22)18-19-8-10-20(11-9-19)23-6-5-7-24-27-26(29-32(23)24)28-25(33)21-12-13-21/h5-11,21-22H,3-4,12-18H2,1-2H3,(H,28,29,33). The number of nitrogens with one attached hydrogen (secondary N) is 1. The van der Waals surface area contributed by atoms with E-state index in [1.165, 1.54) is 18.4 Å². The van der Waals surface area contributed by atoms with Crippen molar-refractivity contribution in [2.75, 3.05) is 31.5 Å². The molecule has 1 aliphatic carbocycles. The molecule has 0 radical (unpaired) electrons. The lowest BCUT2D eigenvalue weighted by Gasteiger charge is -2.37. The van der Waals surface area contributed by atoms with E-state index in [1.54, 1.807) is 0 Å². The number of fused-ring (bicyclic) bond motifs is 1. The van der Waals surface area contributed by atoms with Crippen molar-refractivity contribution >= 4 is 17.5 Å². The Kier molecular flexibility index (Phi) is 6.42. The number of rotatable bonds is 8. The van der Waals surface area contributed by atoms with Crippen molar-refractivity contribution in [3.8, 4) is 11.3 Å². The topological polar surface area (TPSA) is 65.8 Å². The highest BCUT2D eigenvalue weighted by Gasteiger charge is 2.30. The molecule has 1 saturated carbocycles. The van der Waals surface area contributed by atoms with Crippen LogP contribution in [0.5, 0.6) is 0 Å².